The molecule has 1 aromatic rings. The fraction of sp³-hybridized carbons (Fsp3) is 0.583. The van der Waals surface area contributed by atoms with Crippen molar-refractivity contribution in [1.82, 2.24) is 5.32 Å². The Balaban J connectivity index is 1.76. The second kappa shape index (κ2) is 5.51. The van der Waals surface area contributed by atoms with Crippen LogP contribution in [0.15, 0.2) is 6.07 Å². The van der Waals surface area contributed by atoms with E-state index in [-0.39, 0.29) is 5.91 Å². The third kappa shape index (κ3) is 3.20. The zero-order chi connectivity index (χ0) is 12.3. The van der Waals surface area contributed by atoms with E-state index in [0.717, 1.165) is 30.7 Å². The van der Waals surface area contributed by atoms with Crippen molar-refractivity contribution in [2.24, 2.45) is 0 Å². The molecule has 1 atom stereocenters. The van der Waals surface area contributed by atoms with E-state index in [1.165, 1.54) is 11.3 Å². The Labute approximate surface area is 105 Å². The zero-order valence-electron chi connectivity index (χ0n) is 9.99. The molecule has 1 amide bonds. The maximum absolute atomic E-state index is 11.8. The van der Waals surface area contributed by atoms with Gasteiger partial charge in [-0.25, -0.2) is 0 Å². The third-order valence-electron chi connectivity index (χ3n) is 2.96. The number of carbonyl (C=O) groups excluding carboxylic acids is 1. The van der Waals surface area contributed by atoms with Crippen LogP contribution in [0.25, 0.3) is 0 Å². The summed E-state index contributed by atoms with van der Waals surface area (Å²) in [4.78, 5) is 13.5. The summed E-state index contributed by atoms with van der Waals surface area (Å²) in [6, 6.07) is 1.74. The largest absolute Gasteiger partial charge is 0.398 e. The number of amides is 1. The van der Waals surface area contributed by atoms with E-state index in [0.29, 0.717) is 23.2 Å². The molecule has 0 saturated carbocycles. The maximum Gasteiger partial charge on any atom is 0.261 e. The SMILES string of the molecule is Cc1sc(C(=O)NCCC2CCCO2)cc1N. The summed E-state index contributed by atoms with van der Waals surface area (Å²) in [6.07, 6.45) is 3.47. The fourth-order valence-corrected chi connectivity index (χ4v) is 2.77. The summed E-state index contributed by atoms with van der Waals surface area (Å²) in [5.74, 6) is -0.0344. The first-order valence-corrected chi connectivity index (χ1v) is 6.74. The Morgan fingerprint density at radius 3 is 3.12 bits per heavy atom. The lowest BCUT2D eigenvalue weighted by Crippen LogP contribution is -2.26. The first-order chi connectivity index (χ1) is 8.16. The number of hydrogen-bond acceptors (Lipinski definition) is 4. The topological polar surface area (TPSA) is 64.3 Å². The van der Waals surface area contributed by atoms with Crippen molar-refractivity contribution in [3.05, 3.63) is 15.8 Å². The van der Waals surface area contributed by atoms with Crippen LogP contribution in [0.1, 0.15) is 33.8 Å². The van der Waals surface area contributed by atoms with Gasteiger partial charge in [0, 0.05) is 23.7 Å². The molecule has 0 bridgehead atoms. The first-order valence-electron chi connectivity index (χ1n) is 5.92. The van der Waals surface area contributed by atoms with Gasteiger partial charge in [-0.1, -0.05) is 0 Å². The van der Waals surface area contributed by atoms with Crippen molar-refractivity contribution >= 4 is 22.9 Å². The van der Waals surface area contributed by atoms with Gasteiger partial charge in [0.1, 0.15) is 0 Å². The lowest BCUT2D eigenvalue weighted by molar-refractivity contribution is 0.0910. The van der Waals surface area contributed by atoms with Gasteiger partial charge in [0.25, 0.3) is 5.91 Å². The highest BCUT2D eigenvalue weighted by molar-refractivity contribution is 7.14. The zero-order valence-corrected chi connectivity index (χ0v) is 10.8. The normalized spacial score (nSPS) is 19.5. The number of aryl methyl sites for hydroxylation is 1. The second-order valence-corrected chi connectivity index (χ2v) is 5.56. The number of hydrogen-bond donors (Lipinski definition) is 2. The molecule has 1 unspecified atom stereocenters. The van der Waals surface area contributed by atoms with Gasteiger partial charge in [-0.05, 0) is 32.3 Å². The maximum atomic E-state index is 11.8. The number of thiophene rings is 1. The Morgan fingerprint density at radius 1 is 1.71 bits per heavy atom. The minimum atomic E-state index is -0.0344. The molecule has 1 saturated heterocycles. The van der Waals surface area contributed by atoms with Gasteiger partial charge >= 0.3 is 0 Å². The van der Waals surface area contributed by atoms with Gasteiger partial charge in [-0.15, -0.1) is 11.3 Å². The Kier molecular flexibility index (Phi) is 4.02. The second-order valence-electron chi connectivity index (χ2n) is 4.30. The van der Waals surface area contributed by atoms with Crippen LogP contribution in [0.4, 0.5) is 5.69 Å². The predicted octanol–water partition coefficient (Wildman–Crippen LogP) is 1.94. The van der Waals surface area contributed by atoms with E-state index in [1.807, 2.05) is 6.92 Å². The first kappa shape index (κ1) is 12.4. The van der Waals surface area contributed by atoms with Crippen LogP contribution < -0.4 is 11.1 Å². The molecule has 2 rings (SSSR count). The molecule has 0 radical (unpaired) electrons. The van der Waals surface area contributed by atoms with E-state index in [2.05, 4.69) is 5.32 Å². The molecule has 94 valence electrons. The Morgan fingerprint density at radius 2 is 2.53 bits per heavy atom. The minimum Gasteiger partial charge on any atom is -0.398 e. The van der Waals surface area contributed by atoms with Crippen LogP contribution in [0.5, 0.6) is 0 Å². The van der Waals surface area contributed by atoms with Crippen molar-refractivity contribution < 1.29 is 9.53 Å². The molecule has 1 aromatic heterocycles. The number of ether oxygens (including phenoxy) is 1. The van der Waals surface area contributed by atoms with Crippen molar-refractivity contribution in [2.45, 2.75) is 32.3 Å². The van der Waals surface area contributed by atoms with Gasteiger partial charge in [-0.2, -0.15) is 0 Å². The summed E-state index contributed by atoms with van der Waals surface area (Å²) in [5.41, 5.74) is 6.41. The van der Waals surface area contributed by atoms with Crippen LogP contribution >= 0.6 is 11.3 Å². The number of anilines is 1. The van der Waals surface area contributed by atoms with Crippen LogP contribution in [-0.4, -0.2) is 25.2 Å². The highest BCUT2D eigenvalue weighted by Crippen LogP contribution is 2.23. The fourth-order valence-electron chi connectivity index (χ4n) is 1.91. The van der Waals surface area contributed by atoms with Gasteiger partial charge in [0.15, 0.2) is 0 Å². The minimum absolute atomic E-state index is 0.0344. The van der Waals surface area contributed by atoms with Crippen LogP contribution in [-0.2, 0) is 4.74 Å². The number of nitrogen functional groups attached to an aromatic ring is 1. The van der Waals surface area contributed by atoms with E-state index in [1.54, 1.807) is 6.07 Å². The van der Waals surface area contributed by atoms with E-state index in [4.69, 9.17) is 10.5 Å². The average molecular weight is 254 g/mol. The van der Waals surface area contributed by atoms with Gasteiger partial charge < -0.3 is 15.8 Å². The summed E-state index contributed by atoms with van der Waals surface area (Å²) in [5, 5.41) is 2.90. The number of nitrogens with two attached hydrogens (primary N) is 1. The summed E-state index contributed by atoms with van der Waals surface area (Å²) in [7, 11) is 0. The monoisotopic (exact) mass is 254 g/mol. The predicted molar refractivity (Wildman–Crippen MR) is 69.4 cm³/mol. The molecule has 4 nitrogen and oxygen atoms in total. The Bertz CT molecular complexity index is 378. The highest BCUT2D eigenvalue weighted by atomic mass is 32.1. The van der Waals surface area contributed by atoms with Crippen LogP contribution in [0, 0.1) is 6.92 Å². The number of carbonyl (C=O) groups is 1. The molecule has 0 spiro atoms. The van der Waals surface area contributed by atoms with Crippen molar-refractivity contribution in [2.75, 3.05) is 18.9 Å². The van der Waals surface area contributed by atoms with E-state index in [9.17, 15) is 4.79 Å². The van der Waals surface area contributed by atoms with E-state index >= 15 is 0 Å². The van der Waals surface area contributed by atoms with Gasteiger partial charge in [0.2, 0.25) is 0 Å². The van der Waals surface area contributed by atoms with Crippen molar-refractivity contribution in [1.29, 1.82) is 0 Å². The molecule has 0 aliphatic carbocycles. The van der Waals surface area contributed by atoms with Gasteiger partial charge in [-0.3, -0.25) is 4.79 Å². The Hall–Kier alpha value is -1.07. The quantitative estimate of drug-likeness (QED) is 0.863. The lowest BCUT2D eigenvalue weighted by atomic mass is 10.2. The highest BCUT2D eigenvalue weighted by Gasteiger charge is 2.16. The molecular formula is C12H18N2O2S. The number of rotatable bonds is 4. The van der Waals surface area contributed by atoms with Crippen LogP contribution in [0.2, 0.25) is 0 Å². The van der Waals surface area contributed by atoms with E-state index < -0.39 is 0 Å². The van der Waals surface area contributed by atoms with Crippen molar-refractivity contribution in [3.8, 4) is 0 Å². The molecule has 2 heterocycles. The summed E-state index contributed by atoms with van der Waals surface area (Å²) < 4.78 is 5.49. The smallest absolute Gasteiger partial charge is 0.261 e. The van der Waals surface area contributed by atoms with Crippen molar-refractivity contribution in [3.63, 3.8) is 0 Å². The number of nitrogens with one attached hydrogen (secondary N) is 1. The molecule has 0 aromatic carbocycles. The molecule has 1 fully saturated rings. The molecular weight excluding hydrogens is 236 g/mol. The summed E-state index contributed by atoms with van der Waals surface area (Å²) >= 11 is 1.44. The molecule has 1 aliphatic rings. The molecule has 1 aliphatic heterocycles. The molecule has 3 N–H and O–H groups in total. The summed E-state index contributed by atoms with van der Waals surface area (Å²) in [6.45, 7) is 3.45. The third-order valence-corrected chi connectivity index (χ3v) is 4.02. The average Bonchev–Trinajstić information content (AvgIpc) is 2.90. The molecule has 17 heavy (non-hydrogen) atoms. The lowest BCUT2D eigenvalue weighted by Gasteiger charge is -2.09. The van der Waals surface area contributed by atoms with Crippen LogP contribution in [0.3, 0.4) is 0 Å². The standard InChI is InChI=1S/C12H18N2O2S/c1-8-10(13)7-11(17-8)12(15)14-5-4-9-3-2-6-16-9/h7,9H,2-6,13H2,1H3,(H,14,15). The van der Waals surface area contributed by atoms with Gasteiger partial charge in [0.05, 0.1) is 11.0 Å². The molecule has 5 heteroatoms.